The van der Waals surface area contributed by atoms with Crippen molar-refractivity contribution in [2.75, 3.05) is 43.4 Å². The Kier molecular flexibility index (Phi) is 10.4. The molecule has 12 nitrogen and oxygen atoms in total. The van der Waals surface area contributed by atoms with E-state index in [1.165, 1.54) is 32.6 Å². The van der Waals surface area contributed by atoms with Crippen molar-refractivity contribution < 1.29 is 49.1 Å². The topological polar surface area (TPSA) is 140 Å². The Balaban J connectivity index is 1.26. The molecule has 3 heterocycles. The van der Waals surface area contributed by atoms with E-state index in [0.717, 1.165) is 23.8 Å². The van der Waals surface area contributed by atoms with E-state index in [1.807, 2.05) is 6.92 Å². The van der Waals surface area contributed by atoms with Crippen LogP contribution in [0.2, 0.25) is 0 Å². The number of carbonyl (C=O) groups excluding carboxylic acids is 2. The van der Waals surface area contributed by atoms with Gasteiger partial charge in [-0.3, -0.25) is 9.59 Å². The molecule has 2 aromatic carbocycles. The molecular formula is C31H29F6N7O5S. The average Bonchev–Trinajstić information content (AvgIpc) is 3.57. The summed E-state index contributed by atoms with van der Waals surface area (Å²) in [6.07, 6.45) is -8.07. The minimum atomic E-state index is -4.75. The highest BCUT2D eigenvalue weighted by Crippen LogP contribution is 2.33. The molecule has 0 saturated carbocycles. The van der Waals surface area contributed by atoms with Crippen molar-refractivity contribution in [2.24, 2.45) is 0 Å². The zero-order valence-corrected chi connectivity index (χ0v) is 27.0. The third-order valence-corrected chi connectivity index (χ3v) is 8.73. The molecule has 50 heavy (non-hydrogen) atoms. The van der Waals surface area contributed by atoms with Crippen molar-refractivity contribution in [1.82, 2.24) is 29.6 Å². The molecule has 266 valence electrons. The third-order valence-electron chi connectivity index (χ3n) is 7.49. The van der Waals surface area contributed by atoms with Crippen molar-refractivity contribution in [3.05, 3.63) is 83.8 Å². The summed E-state index contributed by atoms with van der Waals surface area (Å²) >= 11 is 0. The maximum atomic E-state index is 13.9. The summed E-state index contributed by atoms with van der Waals surface area (Å²) in [7, 11) is -4.58. The van der Waals surface area contributed by atoms with Gasteiger partial charge in [0.25, 0.3) is 11.8 Å². The number of alkyl halides is 6. The van der Waals surface area contributed by atoms with Crippen molar-refractivity contribution in [2.45, 2.75) is 25.7 Å². The Labute approximate surface area is 281 Å². The molecule has 0 aliphatic carbocycles. The van der Waals surface area contributed by atoms with Gasteiger partial charge in [-0.2, -0.15) is 31.4 Å². The summed E-state index contributed by atoms with van der Waals surface area (Å²) in [6, 6.07) is 12.6. The van der Waals surface area contributed by atoms with Gasteiger partial charge in [0.1, 0.15) is 5.75 Å². The van der Waals surface area contributed by atoms with E-state index in [-0.39, 0.29) is 43.2 Å². The fourth-order valence-corrected chi connectivity index (χ4v) is 6.00. The normalized spacial score (nSPS) is 14.1. The molecule has 5 rings (SSSR count). The van der Waals surface area contributed by atoms with Crippen LogP contribution in [-0.4, -0.2) is 89.8 Å². The zero-order valence-electron chi connectivity index (χ0n) is 26.2. The fourth-order valence-electron chi connectivity index (χ4n) is 5.01. The number of nitrogens with zero attached hydrogens (tertiary/aromatic N) is 6. The summed E-state index contributed by atoms with van der Waals surface area (Å²) in [5, 5.41) is 11.8. The number of piperazine rings is 1. The Morgan fingerprint density at radius 2 is 1.66 bits per heavy atom. The van der Waals surface area contributed by atoms with Crippen LogP contribution in [0, 0.1) is 0 Å². The molecule has 19 heteroatoms. The number of carbonyl (C=O) groups is 2. The van der Waals surface area contributed by atoms with E-state index in [4.69, 9.17) is 4.74 Å². The molecule has 2 amide bonds. The number of halogens is 6. The van der Waals surface area contributed by atoms with Crippen LogP contribution in [0.5, 0.6) is 5.75 Å². The Hall–Kier alpha value is -5.20. The largest absolute Gasteiger partial charge is 0.494 e. The number of nitrogens with one attached hydrogen (secondary N) is 1. The molecule has 1 aliphatic rings. The highest BCUT2D eigenvalue weighted by molar-refractivity contribution is 7.90. The number of aromatic nitrogens is 4. The van der Waals surface area contributed by atoms with Gasteiger partial charge in [-0.15, -0.1) is 10.2 Å². The van der Waals surface area contributed by atoms with Gasteiger partial charge < -0.3 is 14.5 Å². The number of sulfonamides is 1. The Bertz CT molecular complexity index is 1960. The van der Waals surface area contributed by atoms with Gasteiger partial charge in [0.05, 0.1) is 36.2 Å². The highest BCUT2D eigenvalue weighted by Gasteiger charge is 2.34. The monoisotopic (exact) mass is 725 g/mol. The number of rotatable bonds is 10. The van der Waals surface area contributed by atoms with Gasteiger partial charge in [0.2, 0.25) is 10.0 Å². The molecular weight excluding hydrogens is 696 g/mol. The first-order chi connectivity index (χ1) is 23.5. The second-order valence-corrected chi connectivity index (χ2v) is 12.9. The second-order valence-electron chi connectivity index (χ2n) is 11.1. The molecule has 2 aromatic heterocycles. The number of benzene rings is 2. The minimum Gasteiger partial charge on any atom is -0.494 e. The lowest BCUT2D eigenvalue weighted by Crippen LogP contribution is -2.49. The predicted molar refractivity (Wildman–Crippen MR) is 167 cm³/mol. The van der Waals surface area contributed by atoms with Gasteiger partial charge >= 0.3 is 12.4 Å². The Morgan fingerprint density at radius 3 is 2.30 bits per heavy atom. The standard InChI is InChI=1S/C31H29F6N7O5S/c1-2-49-25-5-3-4-20(16-25)22-18-38-44(19-22)24-15-21(14-23(17-24)31(35,36)37)29(46)43-11-9-42(10-12-43)27-7-6-26(39-40-27)28(45)41-50(47,48)13-8-30(32,33)34/h3-7,14-19H,2,8-13H2,1H3,(H,41,45). The van der Waals surface area contributed by atoms with Crippen LogP contribution in [0.3, 0.4) is 0 Å². The van der Waals surface area contributed by atoms with Gasteiger partial charge in [0, 0.05) is 43.5 Å². The molecule has 0 spiro atoms. The summed E-state index contributed by atoms with van der Waals surface area (Å²) in [5.41, 5.74) is -0.295. The van der Waals surface area contributed by atoms with E-state index < -0.39 is 57.6 Å². The van der Waals surface area contributed by atoms with Crippen LogP contribution in [0.15, 0.2) is 67.0 Å². The average molecular weight is 726 g/mol. The summed E-state index contributed by atoms with van der Waals surface area (Å²) < 4.78 is 111. The molecule has 0 atom stereocenters. The van der Waals surface area contributed by atoms with Crippen LogP contribution < -0.4 is 14.4 Å². The summed E-state index contributed by atoms with van der Waals surface area (Å²) in [6.45, 7) is 2.85. The van der Waals surface area contributed by atoms with Crippen molar-refractivity contribution >= 4 is 27.7 Å². The first-order valence-corrected chi connectivity index (χ1v) is 16.7. The quantitative estimate of drug-likeness (QED) is 0.230. The molecule has 0 unspecified atom stereocenters. The molecule has 0 radical (unpaired) electrons. The van der Waals surface area contributed by atoms with Crippen LogP contribution >= 0.6 is 0 Å². The van der Waals surface area contributed by atoms with E-state index in [9.17, 15) is 44.3 Å². The SMILES string of the molecule is CCOc1cccc(-c2cnn(-c3cc(C(=O)N4CCN(c5ccc(C(=O)NS(=O)(=O)CCC(F)(F)F)nn5)CC4)cc(C(F)(F)F)c3)c2)c1. The predicted octanol–water partition coefficient (Wildman–Crippen LogP) is 4.72. The molecule has 1 aliphatic heterocycles. The number of anilines is 1. The fraction of sp³-hybridized carbons (Fsp3) is 0.323. The van der Waals surface area contributed by atoms with Crippen LogP contribution in [0.25, 0.3) is 16.8 Å². The third kappa shape index (κ3) is 9.07. The molecule has 1 fully saturated rings. The van der Waals surface area contributed by atoms with E-state index in [1.54, 1.807) is 35.4 Å². The number of hydrogen-bond acceptors (Lipinski definition) is 9. The first kappa shape index (κ1) is 36.1. The van der Waals surface area contributed by atoms with Crippen molar-refractivity contribution in [3.63, 3.8) is 0 Å². The molecule has 1 saturated heterocycles. The Morgan fingerprint density at radius 1 is 0.920 bits per heavy atom. The summed E-state index contributed by atoms with van der Waals surface area (Å²) in [4.78, 5) is 28.8. The first-order valence-electron chi connectivity index (χ1n) is 15.0. The zero-order chi connectivity index (χ0) is 36.3. The van der Waals surface area contributed by atoms with Crippen LogP contribution in [0.1, 0.15) is 39.8 Å². The van der Waals surface area contributed by atoms with Gasteiger partial charge in [-0.05, 0) is 55.0 Å². The van der Waals surface area contributed by atoms with Gasteiger partial charge in [-0.25, -0.2) is 17.8 Å². The maximum absolute atomic E-state index is 13.9. The molecule has 0 bridgehead atoms. The van der Waals surface area contributed by atoms with Gasteiger partial charge in [-0.1, -0.05) is 12.1 Å². The second kappa shape index (κ2) is 14.3. The highest BCUT2D eigenvalue weighted by atomic mass is 32.2. The molecule has 4 aromatic rings. The van der Waals surface area contributed by atoms with Crippen molar-refractivity contribution in [3.8, 4) is 22.6 Å². The number of hydrogen-bond donors (Lipinski definition) is 1. The lowest BCUT2D eigenvalue weighted by atomic mass is 10.1. The van der Waals surface area contributed by atoms with E-state index in [2.05, 4.69) is 15.3 Å². The maximum Gasteiger partial charge on any atom is 0.416 e. The van der Waals surface area contributed by atoms with E-state index in [0.29, 0.717) is 17.9 Å². The lowest BCUT2D eigenvalue weighted by molar-refractivity contribution is -0.137. The summed E-state index contributed by atoms with van der Waals surface area (Å²) in [5.74, 6) is -2.37. The number of ether oxygens (including phenoxy) is 1. The molecule has 1 N–H and O–H groups in total. The number of amides is 2. The van der Waals surface area contributed by atoms with Crippen LogP contribution in [0.4, 0.5) is 32.2 Å². The lowest BCUT2D eigenvalue weighted by Gasteiger charge is -2.35. The van der Waals surface area contributed by atoms with Gasteiger partial charge in [0.15, 0.2) is 11.5 Å². The van der Waals surface area contributed by atoms with E-state index >= 15 is 0 Å². The van der Waals surface area contributed by atoms with Crippen LogP contribution in [-0.2, 0) is 16.2 Å². The van der Waals surface area contributed by atoms with Crippen molar-refractivity contribution in [1.29, 1.82) is 0 Å². The minimum absolute atomic E-state index is 0.0292. The smallest absolute Gasteiger partial charge is 0.416 e.